The zero-order valence-corrected chi connectivity index (χ0v) is 39.9. The molecule has 2 unspecified atom stereocenters. The van der Waals surface area contributed by atoms with Gasteiger partial charge >= 0.3 is 11.9 Å². The van der Waals surface area contributed by atoms with Crippen LogP contribution in [0.25, 0.3) is 0 Å². The highest BCUT2D eigenvalue weighted by Crippen LogP contribution is 2.34. The van der Waals surface area contributed by atoms with Gasteiger partial charge in [0.2, 0.25) is 0 Å². The molecule has 4 aromatic rings. The number of carbonyl (C=O) groups is 4. The van der Waals surface area contributed by atoms with E-state index in [1.807, 2.05) is 70.7 Å². The summed E-state index contributed by atoms with van der Waals surface area (Å²) in [7, 11) is 0. The van der Waals surface area contributed by atoms with Crippen molar-refractivity contribution in [2.45, 2.75) is 99.9 Å². The molecule has 352 valence electrons. The molecule has 4 atom stereocenters. The first-order valence-electron chi connectivity index (χ1n) is 23.7. The van der Waals surface area contributed by atoms with Gasteiger partial charge in [0.15, 0.2) is 0 Å². The van der Waals surface area contributed by atoms with Crippen molar-refractivity contribution in [1.82, 2.24) is 29.7 Å². The van der Waals surface area contributed by atoms with E-state index < -0.39 is 11.9 Å². The Morgan fingerprint density at radius 2 is 1.17 bits per heavy atom. The van der Waals surface area contributed by atoms with Crippen molar-refractivity contribution in [3.63, 3.8) is 0 Å². The maximum atomic E-state index is 13.4. The van der Waals surface area contributed by atoms with Gasteiger partial charge in [-0.2, -0.15) is 0 Å². The second-order valence-corrected chi connectivity index (χ2v) is 20.0. The van der Waals surface area contributed by atoms with Crippen LogP contribution in [0.15, 0.2) is 83.2 Å². The van der Waals surface area contributed by atoms with Crippen LogP contribution in [0.3, 0.4) is 0 Å². The van der Waals surface area contributed by atoms with Crippen molar-refractivity contribution in [2.75, 3.05) is 73.7 Å². The van der Waals surface area contributed by atoms with E-state index in [0.29, 0.717) is 43.2 Å². The fraction of sp³-hybridized carbons (Fsp3) is 0.520. The van der Waals surface area contributed by atoms with Gasteiger partial charge in [-0.05, 0) is 123 Å². The summed E-state index contributed by atoms with van der Waals surface area (Å²) in [5, 5.41) is 19.9. The van der Waals surface area contributed by atoms with E-state index >= 15 is 0 Å². The molecule has 14 nitrogen and oxygen atoms in total. The van der Waals surface area contributed by atoms with E-state index in [4.69, 9.17) is 9.97 Å². The number of carboxylic acid groups (broad SMARTS) is 2. The Kier molecular flexibility index (Phi) is 17.7. The van der Waals surface area contributed by atoms with Gasteiger partial charge in [-0.25, -0.2) is 9.97 Å². The Balaban J connectivity index is 0.000000196. The molecule has 66 heavy (non-hydrogen) atoms. The van der Waals surface area contributed by atoms with E-state index in [-0.39, 0.29) is 42.4 Å². The SMILES string of the molecule is CCCSc1nc(N2CCC[C@@H](CC(=O)O)C2)ccc1C(=O)N1CCC(c2ccccn2)C1.CCCSc1nc(N2CCC[C@@H](CC(=O)O)C2)ccc1C(=O)N1CCC(c2cccnc2)C1. The minimum Gasteiger partial charge on any atom is -0.481 e. The Morgan fingerprint density at radius 3 is 1.65 bits per heavy atom. The molecule has 0 spiro atoms. The average Bonchev–Trinajstić information content (AvgIpc) is 4.05. The highest BCUT2D eigenvalue weighted by Gasteiger charge is 2.33. The maximum absolute atomic E-state index is 13.4. The minimum atomic E-state index is -0.746. The van der Waals surface area contributed by atoms with Crippen LogP contribution < -0.4 is 9.80 Å². The molecule has 0 bridgehead atoms. The summed E-state index contributed by atoms with van der Waals surface area (Å²) in [6.07, 6.45) is 13.5. The molecule has 0 aliphatic carbocycles. The van der Waals surface area contributed by atoms with Crippen LogP contribution in [0.4, 0.5) is 11.6 Å². The first kappa shape index (κ1) is 48.7. The van der Waals surface area contributed by atoms with Crippen molar-refractivity contribution >= 4 is 58.9 Å². The maximum Gasteiger partial charge on any atom is 0.303 e. The Labute approximate surface area is 397 Å². The van der Waals surface area contributed by atoms with Crippen molar-refractivity contribution in [3.05, 3.63) is 95.6 Å². The van der Waals surface area contributed by atoms with Gasteiger partial charge in [0, 0.05) is 101 Å². The smallest absolute Gasteiger partial charge is 0.303 e. The van der Waals surface area contributed by atoms with E-state index in [1.165, 1.54) is 5.56 Å². The van der Waals surface area contributed by atoms with Crippen LogP contribution in [0.5, 0.6) is 0 Å². The third-order valence-corrected chi connectivity index (χ3v) is 15.3. The van der Waals surface area contributed by atoms with Crippen LogP contribution in [-0.4, -0.2) is 128 Å². The van der Waals surface area contributed by atoms with Gasteiger partial charge in [0.1, 0.15) is 21.7 Å². The number of piperidine rings is 2. The van der Waals surface area contributed by atoms with Crippen molar-refractivity contribution in [3.8, 4) is 0 Å². The van der Waals surface area contributed by atoms with Gasteiger partial charge in [-0.3, -0.25) is 29.1 Å². The lowest BCUT2D eigenvalue weighted by Crippen LogP contribution is -2.37. The van der Waals surface area contributed by atoms with E-state index in [2.05, 4.69) is 39.7 Å². The topological polar surface area (TPSA) is 173 Å². The van der Waals surface area contributed by atoms with Gasteiger partial charge < -0.3 is 29.8 Å². The zero-order valence-electron chi connectivity index (χ0n) is 38.3. The molecule has 2 amide bonds. The van der Waals surface area contributed by atoms with E-state index in [1.54, 1.807) is 29.7 Å². The second-order valence-electron chi connectivity index (χ2n) is 17.9. The molecule has 0 saturated carbocycles. The largest absolute Gasteiger partial charge is 0.481 e. The van der Waals surface area contributed by atoms with Crippen molar-refractivity contribution in [1.29, 1.82) is 0 Å². The molecular formula is C50H64N8O6S2. The van der Waals surface area contributed by atoms with E-state index in [9.17, 15) is 29.4 Å². The molecule has 8 heterocycles. The molecule has 4 fully saturated rings. The van der Waals surface area contributed by atoms with E-state index in [0.717, 1.165) is 116 Å². The third kappa shape index (κ3) is 13.0. The molecule has 8 rings (SSSR count). The van der Waals surface area contributed by atoms with Crippen LogP contribution in [0.1, 0.15) is 122 Å². The summed E-state index contributed by atoms with van der Waals surface area (Å²) in [5.74, 6) is 2.94. The molecule has 0 aromatic carbocycles. The average molecular weight is 937 g/mol. The summed E-state index contributed by atoms with van der Waals surface area (Å²) in [6.45, 7) is 10.2. The molecule has 4 aliphatic rings. The normalized spacial score (nSPS) is 20.8. The number of anilines is 2. The highest BCUT2D eigenvalue weighted by atomic mass is 32.2. The second kappa shape index (κ2) is 24.0. The number of nitrogens with zero attached hydrogens (tertiary/aromatic N) is 8. The number of carboxylic acids is 2. The summed E-state index contributed by atoms with van der Waals surface area (Å²) >= 11 is 3.26. The third-order valence-electron chi connectivity index (χ3n) is 12.9. The predicted molar refractivity (Wildman–Crippen MR) is 260 cm³/mol. The summed E-state index contributed by atoms with van der Waals surface area (Å²) in [4.78, 5) is 75.9. The van der Waals surface area contributed by atoms with Gasteiger partial charge in [-0.15, -0.1) is 23.5 Å². The number of pyridine rings is 4. The molecule has 0 radical (unpaired) electrons. The minimum absolute atomic E-state index is 0.0356. The van der Waals surface area contributed by atoms with Gasteiger partial charge in [0.05, 0.1) is 11.1 Å². The Bertz CT molecular complexity index is 2100. The lowest BCUT2D eigenvalue weighted by molar-refractivity contribution is -0.139. The van der Waals surface area contributed by atoms with Crippen LogP contribution in [-0.2, 0) is 9.59 Å². The number of aliphatic carboxylic acids is 2. The van der Waals surface area contributed by atoms with Crippen LogP contribution in [0, 0.1) is 11.8 Å². The number of amides is 2. The summed E-state index contributed by atoms with van der Waals surface area (Å²) in [6, 6.07) is 17.7. The fourth-order valence-corrected chi connectivity index (χ4v) is 11.2. The highest BCUT2D eigenvalue weighted by molar-refractivity contribution is 7.99. The summed E-state index contributed by atoms with van der Waals surface area (Å²) < 4.78 is 0. The fourth-order valence-electron chi connectivity index (χ4n) is 9.51. The van der Waals surface area contributed by atoms with Gasteiger partial charge in [0.25, 0.3) is 11.8 Å². The molecule has 4 saturated heterocycles. The van der Waals surface area contributed by atoms with Gasteiger partial charge in [-0.1, -0.05) is 26.0 Å². The zero-order chi connectivity index (χ0) is 46.4. The summed E-state index contributed by atoms with van der Waals surface area (Å²) in [5.41, 5.74) is 3.56. The standard InChI is InChI=1S/2C25H32N4O3S/c1-2-13-33-24-21(25(32)29-12-9-20(17-29)19-6-3-10-26-15-19)7-8-22(27-24)28-11-4-5-18(16-28)14-23(30)31;1-2-14-33-24-20(25(32)29-13-10-19(17-29)21-7-3-4-11-26-21)8-9-22(27-24)28-12-5-6-18(16-28)15-23(30)31/h3,6-8,10,15,18,20H,2,4-5,9,11-14,16-17H2,1H3,(H,30,31);3-4,7-9,11,18-19H,2,5-6,10,12-17H2,1H3,(H,30,31)/t18-,20?;18-,19?/m00/s1. The molecular weight excluding hydrogens is 873 g/mol. The molecule has 16 heteroatoms. The monoisotopic (exact) mass is 936 g/mol. The van der Waals surface area contributed by atoms with Crippen molar-refractivity contribution < 1.29 is 29.4 Å². The van der Waals surface area contributed by atoms with Crippen LogP contribution >= 0.6 is 23.5 Å². The number of rotatable bonds is 16. The number of hydrogen-bond donors (Lipinski definition) is 2. The molecule has 2 N–H and O–H groups in total. The number of carbonyl (C=O) groups excluding carboxylic acids is 2. The number of thioether (sulfide) groups is 2. The Morgan fingerprint density at radius 1 is 0.621 bits per heavy atom. The molecule has 4 aromatic heterocycles. The first-order chi connectivity index (χ1) is 32.1. The van der Waals surface area contributed by atoms with Crippen molar-refractivity contribution in [2.24, 2.45) is 11.8 Å². The lowest BCUT2D eigenvalue weighted by Gasteiger charge is -2.33. The number of aromatic nitrogens is 4. The quantitative estimate of drug-likeness (QED) is 0.102. The lowest BCUT2D eigenvalue weighted by atomic mass is 9.95. The molecule has 4 aliphatic heterocycles. The number of hydrogen-bond acceptors (Lipinski definition) is 12. The van der Waals surface area contributed by atoms with Crippen LogP contribution in [0.2, 0.25) is 0 Å². The first-order valence-corrected chi connectivity index (χ1v) is 25.7. The Hall–Kier alpha value is -5.22. The number of likely N-dealkylation sites (tertiary alicyclic amines) is 2. The predicted octanol–water partition coefficient (Wildman–Crippen LogP) is 8.60.